The minimum Gasteiger partial charge on any atom is -0.497 e. The smallest absolute Gasteiger partial charge is 0.270 e. The third-order valence-electron chi connectivity index (χ3n) is 5.82. The van der Waals surface area contributed by atoms with Gasteiger partial charge in [-0.2, -0.15) is 0 Å². The zero-order valence-corrected chi connectivity index (χ0v) is 19.7. The second kappa shape index (κ2) is 9.85. The van der Waals surface area contributed by atoms with Gasteiger partial charge in [0, 0.05) is 56.0 Å². The molecule has 0 spiro atoms. The zero-order valence-electron chi connectivity index (χ0n) is 18.2. The van der Waals surface area contributed by atoms with Gasteiger partial charge in [0.2, 0.25) is 0 Å². The van der Waals surface area contributed by atoms with Crippen LogP contribution < -0.4 is 10.1 Å². The van der Waals surface area contributed by atoms with Crippen molar-refractivity contribution in [1.82, 2.24) is 15.1 Å². The van der Waals surface area contributed by atoms with E-state index in [9.17, 15) is 9.59 Å². The van der Waals surface area contributed by atoms with Crippen molar-refractivity contribution in [2.24, 2.45) is 0 Å². The molecule has 2 aliphatic rings. The van der Waals surface area contributed by atoms with E-state index < -0.39 is 0 Å². The van der Waals surface area contributed by atoms with Gasteiger partial charge in [-0.1, -0.05) is 35.3 Å². The molecule has 0 saturated carbocycles. The van der Waals surface area contributed by atoms with E-state index in [0.29, 0.717) is 65.2 Å². The summed E-state index contributed by atoms with van der Waals surface area (Å²) in [4.78, 5) is 29.7. The highest BCUT2D eigenvalue weighted by Crippen LogP contribution is 2.25. The Morgan fingerprint density at radius 1 is 1.12 bits per heavy atom. The minimum atomic E-state index is -0.211. The molecular weight excluding hydrogens is 463 g/mol. The largest absolute Gasteiger partial charge is 0.497 e. The van der Waals surface area contributed by atoms with E-state index in [4.69, 9.17) is 33.3 Å². The molecule has 0 unspecified atom stereocenters. The van der Waals surface area contributed by atoms with Gasteiger partial charge in [0.05, 0.1) is 17.2 Å². The number of hydrogen-bond acceptors (Lipinski definition) is 5. The van der Waals surface area contributed by atoms with E-state index in [0.717, 1.165) is 11.3 Å². The molecule has 0 aromatic heterocycles. The Bertz CT molecular complexity index is 1130. The highest BCUT2D eigenvalue weighted by atomic mass is 35.5. The lowest BCUT2D eigenvalue weighted by Gasteiger charge is -2.35. The van der Waals surface area contributed by atoms with Gasteiger partial charge in [0.15, 0.2) is 0 Å². The first-order valence-electron chi connectivity index (χ1n) is 10.6. The number of likely N-dealkylation sites (tertiary alicyclic amines) is 1. The predicted molar refractivity (Wildman–Crippen MR) is 128 cm³/mol. The number of nitrogens with zero attached hydrogens (tertiary/aromatic N) is 2. The number of hydrogen-bond donors (Lipinski definition) is 2. The fourth-order valence-electron chi connectivity index (χ4n) is 3.97. The summed E-state index contributed by atoms with van der Waals surface area (Å²) in [5.74, 6) is 0.383. The van der Waals surface area contributed by atoms with Gasteiger partial charge in [-0.15, -0.1) is 0 Å². The standard InChI is InChI=1S/C24H24Cl2N4O3/c1-33-17-5-2-15(3-6-17)13-30-11-9-28-22(24(30)32)18-14-29(10-8-21(18)27)23(31)16-4-7-19(25)20(26)12-16/h2-7,12,27-28H,8-11,13-14H2,1H3/b22-18-,27-21?. The number of benzene rings is 2. The third kappa shape index (κ3) is 4.99. The summed E-state index contributed by atoms with van der Waals surface area (Å²) < 4.78 is 5.19. The molecular formula is C24H24Cl2N4O3. The molecule has 0 aliphatic carbocycles. The molecule has 2 aromatic rings. The van der Waals surface area contributed by atoms with Crippen molar-refractivity contribution >= 4 is 40.7 Å². The van der Waals surface area contributed by atoms with Crippen molar-refractivity contribution in [3.05, 3.63) is 74.9 Å². The second-order valence-corrected chi connectivity index (χ2v) is 8.75. The van der Waals surface area contributed by atoms with Crippen LogP contribution in [0.25, 0.3) is 0 Å². The summed E-state index contributed by atoms with van der Waals surface area (Å²) in [6, 6.07) is 12.4. The molecule has 2 saturated heterocycles. The fraction of sp³-hybridized carbons (Fsp3) is 0.292. The van der Waals surface area contributed by atoms with E-state index >= 15 is 0 Å². The van der Waals surface area contributed by atoms with Crippen LogP contribution in [0.1, 0.15) is 22.3 Å². The predicted octanol–water partition coefficient (Wildman–Crippen LogP) is 3.75. The Morgan fingerprint density at radius 2 is 1.88 bits per heavy atom. The van der Waals surface area contributed by atoms with Crippen molar-refractivity contribution in [1.29, 1.82) is 5.41 Å². The van der Waals surface area contributed by atoms with Crippen LogP contribution in [0.5, 0.6) is 5.75 Å². The Balaban J connectivity index is 1.54. The fourth-order valence-corrected chi connectivity index (χ4v) is 4.27. The van der Waals surface area contributed by atoms with Gasteiger partial charge in [0.1, 0.15) is 11.4 Å². The summed E-state index contributed by atoms with van der Waals surface area (Å²) in [5.41, 5.74) is 2.73. The maximum absolute atomic E-state index is 13.3. The van der Waals surface area contributed by atoms with Crippen molar-refractivity contribution in [3.63, 3.8) is 0 Å². The first-order valence-corrected chi connectivity index (χ1v) is 11.3. The zero-order chi connectivity index (χ0) is 23.5. The number of methoxy groups -OCH3 is 1. The molecule has 2 heterocycles. The Hall–Kier alpha value is -3.03. The van der Waals surface area contributed by atoms with Gasteiger partial charge in [-0.3, -0.25) is 9.59 Å². The monoisotopic (exact) mass is 486 g/mol. The quantitative estimate of drug-likeness (QED) is 0.644. The van der Waals surface area contributed by atoms with Gasteiger partial charge in [-0.05, 0) is 35.9 Å². The average molecular weight is 487 g/mol. The van der Waals surface area contributed by atoms with Crippen LogP contribution in [0.4, 0.5) is 0 Å². The lowest BCUT2D eigenvalue weighted by Crippen LogP contribution is -2.49. The summed E-state index contributed by atoms with van der Waals surface area (Å²) >= 11 is 12.0. The van der Waals surface area contributed by atoms with Crippen LogP contribution in [-0.2, 0) is 11.3 Å². The molecule has 9 heteroatoms. The van der Waals surface area contributed by atoms with E-state index in [1.165, 1.54) is 0 Å². The lowest BCUT2D eigenvalue weighted by atomic mass is 9.97. The van der Waals surface area contributed by atoms with E-state index in [-0.39, 0.29) is 18.4 Å². The highest BCUT2D eigenvalue weighted by molar-refractivity contribution is 6.42. The van der Waals surface area contributed by atoms with Crippen LogP contribution in [0.3, 0.4) is 0 Å². The Morgan fingerprint density at radius 3 is 2.58 bits per heavy atom. The normalized spacial score (nSPS) is 18.9. The molecule has 4 rings (SSSR count). The summed E-state index contributed by atoms with van der Waals surface area (Å²) in [5, 5.41) is 12.3. The first kappa shape index (κ1) is 23.1. The van der Waals surface area contributed by atoms with Gasteiger partial charge in [0.25, 0.3) is 11.8 Å². The highest BCUT2D eigenvalue weighted by Gasteiger charge is 2.32. The molecule has 0 bridgehead atoms. The van der Waals surface area contributed by atoms with E-state index in [2.05, 4.69) is 5.32 Å². The van der Waals surface area contributed by atoms with Gasteiger partial charge in [-0.25, -0.2) is 0 Å². The van der Waals surface area contributed by atoms with Crippen molar-refractivity contribution in [2.75, 3.05) is 33.3 Å². The minimum absolute atomic E-state index is 0.166. The number of halogens is 2. The number of carbonyl (C=O) groups is 2. The number of rotatable bonds is 4. The van der Waals surface area contributed by atoms with Crippen LogP contribution in [-0.4, -0.2) is 60.6 Å². The Kier molecular flexibility index (Phi) is 6.91. The molecule has 172 valence electrons. The average Bonchev–Trinajstić information content (AvgIpc) is 2.83. The number of ether oxygens (including phenoxy) is 1. The van der Waals surface area contributed by atoms with Crippen molar-refractivity contribution in [3.8, 4) is 5.75 Å². The maximum atomic E-state index is 13.3. The number of carbonyl (C=O) groups excluding carboxylic acids is 2. The number of piperazine rings is 1. The molecule has 2 aliphatic heterocycles. The molecule has 33 heavy (non-hydrogen) atoms. The molecule has 2 amide bonds. The lowest BCUT2D eigenvalue weighted by molar-refractivity contribution is -0.129. The summed E-state index contributed by atoms with van der Waals surface area (Å²) in [6.07, 6.45) is 0.374. The second-order valence-electron chi connectivity index (χ2n) is 7.94. The molecule has 2 fully saturated rings. The van der Waals surface area contributed by atoms with E-state index in [1.807, 2.05) is 24.3 Å². The third-order valence-corrected chi connectivity index (χ3v) is 6.56. The van der Waals surface area contributed by atoms with Gasteiger partial charge < -0.3 is 25.3 Å². The summed E-state index contributed by atoms with van der Waals surface area (Å²) in [6.45, 7) is 2.18. The summed E-state index contributed by atoms with van der Waals surface area (Å²) in [7, 11) is 1.61. The molecule has 0 atom stereocenters. The maximum Gasteiger partial charge on any atom is 0.270 e. The molecule has 2 N–H and O–H groups in total. The number of nitrogens with one attached hydrogen (secondary N) is 2. The van der Waals surface area contributed by atoms with Crippen molar-refractivity contribution < 1.29 is 14.3 Å². The number of amides is 2. The topological polar surface area (TPSA) is 85.7 Å². The van der Waals surface area contributed by atoms with Crippen LogP contribution in [0.2, 0.25) is 10.0 Å². The Labute approximate surface area is 202 Å². The molecule has 2 aromatic carbocycles. The van der Waals surface area contributed by atoms with E-state index in [1.54, 1.807) is 35.1 Å². The number of piperidine rings is 1. The van der Waals surface area contributed by atoms with Crippen LogP contribution >= 0.6 is 23.2 Å². The van der Waals surface area contributed by atoms with Gasteiger partial charge >= 0.3 is 0 Å². The van der Waals surface area contributed by atoms with Crippen LogP contribution in [0, 0.1) is 5.41 Å². The molecule has 0 radical (unpaired) electrons. The first-order chi connectivity index (χ1) is 15.9. The SMILES string of the molecule is COc1ccc(CN2CCN/C(=C3/CN(C(=O)c4ccc(Cl)c(Cl)c4)CCC3=N)C2=O)cc1. The van der Waals surface area contributed by atoms with Crippen molar-refractivity contribution in [2.45, 2.75) is 13.0 Å². The molecule has 7 nitrogen and oxygen atoms in total. The van der Waals surface area contributed by atoms with Crippen LogP contribution in [0.15, 0.2) is 53.7 Å².